The van der Waals surface area contributed by atoms with Crippen molar-refractivity contribution in [3.63, 3.8) is 0 Å². The SMILES string of the molecule is COCC(O)CN(C)S(=O)(=O)N(C)CCCN. The molecule has 3 N–H and O–H groups in total. The van der Waals surface area contributed by atoms with Gasteiger partial charge in [0.15, 0.2) is 0 Å². The first kappa shape index (κ1) is 16.8. The highest BCUT2D eigenvalue weighted by Gasteiger charge is 2.24. The Morgan fingerprint density at radius 1 is 1.35 bits per heavy atom. The van der Waals surface area contributed by atoms with Crippen molar-refractivity contribution >= 4 is 10.2 Å². The number of aliphatic hydroxyl groups excluding tert-OH is 1. The molecule has 0 aromatic heterocycles. The van der Waals surface area contributed by atoms with E-state index in [1.807, 2.05) is 0 Å². The fraction of sp³-hybridized carbons (Fsp3) is 1.00. The van der Waals surface area contributed by atoms with Gasteiger partial charge in [0.2, 0.25) is 0 Å². The van der Waals surface area contributed by atoms with Crippen molar-refractivity contribution in [1.29, 1.82) is 0 Å². The molecular formula is C9H23N3O4S. The number of rotatable bonds is 9. The van der Waals surface area contributed by atoms with Crippen LogP contribution in [0.25, 0.3) is 0 Å². The third kappa shape index (κ3) is 5.75. The average Bonchev–Trinajstić information content (AvgIpc) is 2.25. The molecule has 0 saturated carbocycles. The Morgan fingerprint density at radius 2 is 1.94 bits per heavy atom. The van der Waals surface area contributed by atoms with Gasteiger partial charge in [0.1, 0.15) is 0 Å². The van der Waals surface area contributed by atoms with E-state index >= 15 is 0 Å². The molecule has 0 saturated heterocycles. The van der Waals surface area contributed by atoms with Gasteiger partial charge in [0.05, 0.1) is 12.7 Å². The predicted octanol–water partition coefficient (Wildman–Crippen LogP) is -1.55. The molecular weight excluding hydrogens is 246 g/mol. The van der Waals surface area contributed by atoms with Crippen molar-refractivity contribution in [2.45, 2.75) is 12.5 Å². The van der Waals surface area contributed by atoms with Gasteiger partial charge in [-0.25, -0.2) is 0 Å². The Labute approximate surface area is 103 Å². The van der Waals surface area contributed by atoms with Gasteiger partial charge in [-0.3, -0.25) is 0 Å². The highest BCUT2D eigenvalue weighted by Crippen LogP contribution is 2.05. The van der Waals surface area contributed by atoms with E-state index in [1.54, 1.807) is 0 Å². The van der Waals surface area contributed by atoms with Crippen LogP contribution in [0.3, 0.4) is 0 Å². The third-order valence-electron chi connectivity index (χ3n) is 2.29. The summed E-state index contributed by atoms with van der Waals surface area (Å²) in [5, 5.41) is 9.47. The van der Waals surface area contributed by atoms with E-state index in [9.17, 15) is 13.5 Å². The maximum absolute atomic E-state index is 11.9. The predicted molar refractivity (Wildman–Crippen MR) is 65.7 cm³/mol. The smallest absolute Gasteiger partial charge is 0.281 e. The topological polar surface area (TPSA) is 96.1 Å². The highest BCUT2D eigenvalue weighted by molar-refractivity contribution is 7.86. The first-order valence-corrected chi connectivity index (χ1v) is 6.80. The summed E-state index contributed by atoms with van der Waals surface area (Å²) in [6, 6.07) is 0. The van der Waals surface area contributed by atoms with Gasteiger partial charge in [-0.15, -0.1) is 0 Å². The number of likely N-dealkylation sites (N-methyl/N-ethyl adjacent to an activating group) is 1. The van der Waals surface area contributed by atoms with E-state index < -0.39 is 16.3 Å². The zero-order chi connectivity index (χ0) is 13.5. The van der Waals surface area contributed by atoms with Crippen LogP contribution in [-0.4, -0.2) is 75.7 Å². The summed E-state index contributed by atoms with van der Waals surface area (Å²) in [6.45, 7) is 0.912. The van der Waals surface area contributed by atoms with Crippen molar-refractivity contribution in [2.75, 3.05) is 47.4 Å². The fourth-order valence-corrected chi connectivity index (χ4v) is 2.50. The molecule has 0 aromatic carbocycles. The van der Waals surface area contributed by atoms with Crippen LogP contribution in [0.4, 0.5) is 0 Å². The highest BCUT2D eigenvalue weighted by atomic mass is 32.2. The lowest BCUT2D eigenvalue weighted by molar-refractivity contribution is 0.0547. The minimum atomic E-state index is -3.53. The third-order valence-corrected chi connectivity index (χ3v) is 4.20. The van der Waals surface area contributed by atoms with Gasteiger partial charge in [-0.2, -0.15) is 17.0 Å². The number of hydrogen-bond acceptors (Lipinski definition) is 5. The van der Waals surface area contributed by atoms with E-state index in [1.165, 1.54) is 25.5 Å². The van der Waals surface area contributed by atoms with Gasteiger partial charge in [-0.1, -0.05) is 0 Å². The molecule has 0 spiro atoms. The molecule has 0 rings (SSSR count). The van der Waals surface area contributed by atoms with Crippen LogP contribution in [-0.2, 0) is 14.9 Å². The molecule has 0 aliphatic carbocycles. The van der Waals surface area contributed by atoms with Gasteiger partial charge in [0, 0.05) is 34.3 Å². The van der Waals surface area contributed by atoms with Crippen molar-refractivity contribution < 1.29 is 18.3 Å². The second kappa shape index (κ2) is 7.96. The Hall–Kier alpha value is -0.250. The molecule has 8 heteroatoms. The lowest BCUT2D eigenvalue weighted by Crippen LogP contribution is -2.44. The molecule has 104 valence electrons. The van der Waals surface area contributed by atoms with Crippen LogP contribution in [0.5, 0.6) is 0 Å². The molecule has 0 aromatic rings. The van der Waals surface area contributed by atoms with E-state index in [2.05, 4.69) is 0 Å². The van der Waals surface area contributed by atoms with E-state index in [4.69, 9.17) is 10.5 Å². The monoisotopic (exact) mass is 269 g/mol. The standard InChI is InChI=1S/C9H23N3O4S/c1-11(6-4-5-10)17(14,15)12(2)7-9(13)8-16-3/h9,13H,4-8,10H2,1-3H3. The molecule has 0 aliphatic heterocycles. The lowest BCUT2D eigenvalue weighted by Gasteiger charge is -2.25. The zero-order valence-corrected chi connectivity index (χ0v) is 11.5. The van der Waals surface area contributed by atoms with Gasteiger partial charge in [-0.05, 0) is 13.0 Å². The lowest BCUT2D eigenvalue weighted by atomic mass is 10.4. The van der Waals surface area contributed by atoms with Crippen LogP contribution in [0.15, 0.2) is 0 Å². The summed E-state index contributed by atoms with van der Waals surface area (Å²) in [5.41, 5.74) is 5.32. The number of aliphatic hydroxyl groups is 1. The number of nitrogens with zero attached hydrogens (tertiary/aromatic N) is 2. The summed E-state index contributed by atoms with van der Waals surface area (Å²) >= 11 is 0. The second-order valence-electron chi connectivity index (χ2n) is 3.86. The summed E-state index contributed by atoms with van der Waals surface area (Å²) in [4.78, 5) is 0. The molecule has 1 unspecified atom stereocenters. The Kier molecular flexibility index (Phi) is 7.84. The molecule has 0 bridgehead atoms. The summed E-state index contributed by atoms with van der Waals surface area (Å²) in [6.07, 6.45) is -0.229. The average molecular weight is 269 g/mol. The number of nitrogens with two attached hydrogens (primary N) is 1. The van der Waals surface area contributed by atoms with E-state index in [0.29, 0.717) is 19.5 Å². The molecule has 0 fully saturated rings. The van der Waals surface area contributed by atoms with Gasteiger partial charge >= 0.3 is 0 Å². The van der Waals surface area contributed by atoms with Crippen molar-refractivity contribution in [2.24, 2.45) is 5.73 Å². The number of methoxy groups -OCH3 is 1. The molecule has 17 heavy (non-hydrogen) atoms. The minimum Gasteiger partial charge on any atom is -0.389 e. The van der Waals surface area contributed by atoms with E-state index in [-0.39, 0.29) is 13.2 Å². The van der Waals surface area contributed by atoms with E-state index in [0.717, 1.165) is 4.31 Å². The molecule has 1 atom stereocenters. The quantitative estimate of drug-likeness (QED) is 0.528. The molecule has 0 amide bonds. The molecule has 0 heterocycles. The first-order valence-electron chi connectivity index (χ1n) is 5.41. The molecule has 0 aliphatic rings. The van der Waals surface area contributed by atoms with Crippen LogP contribution in [0, 0.1) is 0 Å². The normalized spacial score (nSPS) is 14.5. The van der Waals surface area contributed by atoms with Crippen molar-refractivity contribution in [3.8, 4) is 0 Å². The fourth-order valence-electron chi connectivity index (χ4n) is 1.30. The van der Waals surface area contributed by atoms with Crippen molar-refractivity contribution in [1.82, 2.24) is 8.61 Å². The zero-order valence-electron chi connectivity index (χ0n) is 10.7. The van der Waals surface area contributed by atoms with Crippen LogP contribution in [0.2, 0.25) is 0 Å². The Morgan fingerprint density at radius 3 is 2.41 bits per heavy atom. The maximum Gasteiger partial charge on any atom is 0.281 e. The molecule has 7 nitrogen and oxygen atoms in total. The van der Waals surface area contributed by atoms with Crippen LogP contribution < -0.4 is 5.73 Å². The van der Waals surface area contributed by atoms with Crippen LogP contribution in [0.1, 0.15) is 6.42 Å². The minimum absolute atomic E-state index is 0.00311. The summed E-state index contributed by atoms with van der Waals surface area (Å²) < 4.78 is 30.9. The first-order chi connectivity index (χ1) is 7.86. The van der Waals surface area contributed by atoms with Gasteiger partial charge in [0.25, 0.3) is 10.2 Å². The summed E-state index contributed by atoms with van der Waals surface area (Å²) in [7, 11) is 0.834. The largest absolute Gasteiger partial charge is 0.389 e. The second-order valence-corrected chi connectivity index (χ2v) is 6.00. The van der Waals surface area contributed by atoms with Crippen molar-refractivity contribution in [3.05, 3.63) is 0 Å². The maximum atomic E-state index is 11.9. The Balaban J connectivity index is 4.38. The van der Waals surface area contributed by atoms with Crippen LogP contribution >= 0.6 is 0 Å². The van der Waals surface area contributed by atoms with Gasteiger partial charge < -0.3 is 15.6 Å². The Bertz CT molecular complexity index is 297. The summed E-state index contributed by atoms with van der Waals surface area (Å²) in [5.74, 6) is 0. The molecule has 0 radical (unpaired) electrons. The number of ether oxygens (including phenoxy) is 1. The number of hydrogen-bond donors (Lipinski definition) is 2.